The molecule has 90 valence electrons. The molecule has 0 aliphatic carbocycles. The molecule has 0 N–H and O–H groups in total. The number of pyridine rings is 1. The van der Waals surface area contributed by atoms with Crippen LogP contribution in [0.3, 0.4) is 0 Å². The topological polar surface area (TPSA) is 38.7 Å². The van der Waals surface area contributed by atoms with Crippen molar-refractivity contribution >= 4 is 0 Å². The van der Waals surface area contributed by atoms with Crippen molar-refractivity contribution in [2.45, 2.75) is 33.6 Å². The minimum absolute atomic E-state index is 0.469. The zero-order chi connectivity index (χ0) is 12.7. The normalized spacial score (nSPS) is 9.71. The van der Waals surface area contributed by atoms with Crippen LogP contribution in [0, 0.1) is 0 Å². The van der Waals surface area contributed by atoms with E-state index >= 15 is 0 Å². The first kappa shape index (κ1) is 13.3. The smallest absolute Gasteiger partial charge is 0.159 e. The van der Waals surface area contributed by atoms with E-state index in [0.717, 1.165) is 17.0 Å². The Bertz CT molecular complexity index is 421. The monoisotopic (exact) mass is 229 g/mol. The van der Waals surface area contributed by atoms with Gasteiger partial charge in [0.2, 0.25) is 0 Å². The molecule has 0 unspecified atom stereocenters. The number of hydrogen-bond acceptors (Lipinski definition) is 3. The van der Waals surface area contributed by atoms with Crippen molar-refractivity contribution in [3.63, 3.8) is 0 Å². The summed E-state index contributed by atoms with van der Waals surface area (Å²) in [4.78, 5) is 12.6. The molecule has 2 aromatic rings. The van der Waals surface area contributed by atoms with Crippen LogP contribution in [0.2, 0.25) is 0 Å². The van der Waals surface area contributed by atoms with E-state index in [2.05, 4.69) is 28.8 Å². The van der Waals surface area contributed by atoms with Crippen LogP contribution in [0.1, 0.15) is 39.2 Å². The molecule has 2 heterocycles. The van der Waals surface area contributed by atoms with E-state index < -0.39 is 0 Å². The molecule has 0 radical (unpaired) electrons. The maximum absolute atomic E-state index is 4.33. The Morgan fingerprint density at radius 2 is 1.47 bits per heavy atom. The van der Waals surface area contributed by atoms with Crippen molar-refractivity contribution in [1.82, 2.24) is 15.0 Å². The number of nitrogens with zero attached hydrogens (tertiary/aromatic N) is 3. The molecule has 0 amide bonds. The Balaban J connectivity index is 0.000000686. The molecule has 2 aromatic heterocycles. The highest BCUT2D eigenvalue weighted by molar-refractivity contribution is 5.53. The first-order valence-electron chi connectivity index (χ1n) is 5.99. The molecule has 0 atom stereocenters. The van der Waals surface area contributed by atoms with Crippen LogP contribution in [0.25, 0.3) is 11.4 Å². The second-order valence-electron chi connectivity index (χ2n) is 3.73. The fourth-order valence-corrected chi connectivity index (χ4v) is 1.29. The molecule has 3 heteroatoms. The molecule has 0 bridgehead atoms. The van der Waals surface area contributed by atoms with E-state index in [1.54, 1.807) is 12.4 Å². The van der Waals surface area contributed by atoms with Gasteiger partial charge in [0.1, 0.15) is 0 Å². The summed E-state index contributed by atoms with van der Waals surface area (Å²) in [5, 5.41) is 0. The average molecular weight is 229 g/mol. The summed E-state index contributed by atoms with van der Waals surface area (Å²) in [5.41, 5.74) is 2.16. The molecule has 3 nitrogen and oxygen atoms in total. The van der Waals surface area contributed by atoms with Gasteiger partial charge in [0, 0.05) is 30.4 Å². The predicted molar refractivity (Wildman–Crippen MR) is 70.7 cm³/mol. The lowest BCUT2D eigenvalue weighted by molar-refractivity contribution is 0.847. The zero-order valence-electron chi connectivity index (χ0n) is 10.9. The lowest BCUT2D eigenvalue weighted by Crippen LogP contribution is -1.94. The quantitative estimate of drug-likeness (QED) is 0.788. The van der Waals surface area contributed by atoms with E-state index in [-0.39, 0.29) is 0 Å². The lowest BCUT2D eigenvalue weighted by Gasteiger charge is -2.04. The minimum Gasteiger partial charge on any atom is -0.265 e. The van der Waals surface area contributed by atoms with Crippen LogP contribution < -0.4 is 0 Å². The van der Waals surface area contributed by atoms with Gasteiger partial charge in [0.15, 0.2) is 5.82 Å². The second kappa shape index (κ2) is 6.74. The molecule has 0 aromatic carbocycles. The van der Waals surface area contributed by atoms with Gasteiger partial charge in [-0.25, -0.2) is 9.97 Å². The number of hydrogen-bond donors (Lipinski definition) is 0. The van der Waals surface area contributed by atoms with Crippen molar-refractivity contribution in [3.05, 3.63) is 42.5 Å². The lowest BCUT2D eigenvalue weighted by atomic mass is 10.1. The number of rotatable bonds is 2. The van der Waals surface area contributed by atoms with Gasteiger partial charge >= 0.3 is 0 Å². The number of aromatic nitrogens is 3. The fourth-order valence-electron chi connectivity index (χ4n) is 1.29. The van der Waals surface area contributed by atoms with Crippen LogP contribution in [0.15, 0.2) is 36.9 Å². The van der Waals surface area contributed by atoms with Gasteiger partial charge in [-0.2, -0.15) is 0 Å². The van der Waals surface area contributed by atoms with Gasteiger partial charge in [-0.3, -0.25) is 4.98 Å². The third kappa shape index (κ3) is 3.63. The Morgan fingerprint density at radius 1 is 0.941 bits per heavy atom. The maximum atomic E-state index is 4.33. The standard InChI is InChI=1S/C12H13N3.C2H6/c1-9(2)11-7-14-12(15-8-11)10-3-5-13-6-4-10;1-2/h3-9H,1-2H3;1-2H3. The molecule has 0 aliphatic rings. The summed E-state index contributed by atoms with van der Waals surface area (Å²) in [6.45, 7) is 8.26. The van der Waals surface area contributed by atoms with E-state index in [0.29, 0.717) is 5.92 Å². The Kier molecular flexibility index (Phi) is 5.27. The van der Waals surface area contributed by atoms with Gasteiger partial charge in [0.25, 0.3) is 0 Å². The molecule has 0 saturated heterocycles. The maximum Gasteiger partial charge on any atom is 0.159 e. The Morgan fingerprint density at radius 3 is 1.94 bits per heavy atom. The second-order valence-corrected chi connectivity index (χ2v) is 3.73. The van der Waals surface area contributed by atoms with Gasteiger partial charge in [-0.15, -0.1) is 0 Å². The van der Waals surface area contributed by atoms with Gasteiger partial charge in [-0.05, 0) is 23.6 Å². The minimum atomic E-state index is 0.469. The Labute approximate surface area is 103 Å². The molecule has 2 rings (SSSR count). The van der Waals surface area contributed by atoms with E-state index in [1.807, 2.05) is 38.4 Å². The first-order chi connectivity index (χ1) is 8.27. The molecule has 0 fully saturated rings. The van der Waals surface area contributed by atoms with Crippen LogP contribution in [-0.2, 0) is 0 Å². The fraction of sp³-hybridized carbons (Fsp3) is 0.357. The van der Waals surface area contributed by atoms with Crippen LogP contribution >= 0.6 is 0 Å². The van der Waals surface area contributed by atoms with E-state index in [4.69, 9.17) is 0 Å². The molecular formula is C14H19N3. The largest absolute Gasteiger partial charge is 0.265 e. The molecule has 17 heavy (non-hydrogen) atoms. The summed E-state index contributed by atoms with van der Waals surface area (Å²) in [6.07, 6.45) is 7.25. The van der Waals surface area contributed by atoms with Crippen molar-refractivity contribution in [2.75, 3.05) is 0 Å². The van der Waals surface area contributed by atoms with Crippen molar-refractivity contribution in [2.24, 2.45) is 0 Å². The molecule has 0 saturated carbocycles. The van der Waals surface area contributed by atoms with Crippen LogP contribution in [-0.4, -0.2) is 15.0 Å². The molecule has 0 aliphatic heterocycles. The molecule has 0 spiro atoms. The van der Waals surface area contributed by atoms with Crippen molar-refractivity contribution in [3.8, 4) is 11.4 Å². The average Bonchev–Trinajstić information content (AvgIpc) is 2.42. The SMILES string of the molecule is CC.CC(C)c1cnc(-c2ccncc2)nc1. The third-order valence-electron chi connectivity index (χ3n) is 2.28. The van der Waals surface area contributed by atoms with Crippen LogP contribution in [0.5, 0.6) is 0 Å². The summed E-state index contributed by atoms with van der Waals surface area (Å²) in [7, 11) is 0. The van der Waals surface area contributed by atoms with E-state index in [1.165, 1.54) is 0 Å². The predicted octanol–water partition coefficient (Wildman–Crippen LogP) is 3.69. The first-order valence-corrected chi connectivity index (χ1v) is 5.99. The van der Waals surface area contributed by atoms with E-state index in [9.17, 15) is 0 Å². The summed E-state index contributed by atoms with van der Waals surface area (Å²) in [6, 6.07) is 3.81. The summed E-state index contributed by atoms with van der Waals surface area (Å²) in [5.74, 6) is 1.22. The summed E-state index contributed by atoms with van der Waals surface area (Å²) >= 11 is 0. The molecular weight excluding hydrogens is 210 g/mol. The highest BCUT2D eigenvalue weighted by Crippen LogP contribution is 2.16. The highest BCUT2D eigenvalue weighted by atomic mass is 14.9. The van der Waals surface area contributed by atoms with Gasteiger partial charge in [-0.1, -0.05) is 27.7 Å². The van der Waals surface area contributed by atoms with Crippen LogP contribution in [0.4, 0.5) is 0 Å². The third-order valence-corrected chi connectivity index (χ3v) is 2.28. The summed E-state index contributed by atoms with van der Waals surface area (Å²) < 4.78 is 0. The van der Waals surface area contributed by atoms with Gasteiger partial charge in [0.05, 0.1) is 0 Å². The zero-order valence-corrected chi connectivity index (χ0v) is 10.9. The van der Waals surface area contributed by atoms with Crippen molar-refractivity contribution < 1.29 is 0 Å². The van der Waals surface area contributed by atoms with Crippen molar-refractivity contribution in [1.29, 1.82) is 0 Å². The Hall–Kier alpha value is -1.77. The van der Waals surface area contributed by atoms with Gasteiger partial charge < -0.3 is 0 Å². The highest BCUT2D eigenvalue weighted by Gasteiger charge is 2.02.